The molecule has 2 N–H and O–H groups in total. The summed E-state index contributed by atoms with van der Waals surface area (Å²) in [6.45, 7) is 1.63. The van der Waals surface area contributed by atoms with Crippen molar-refractivity contribution in [3.63, 3.8) is 0 Å². The second-order valence-electron chi connectivity index (χ2n) is 4.00. The van der Waals surface area contributed by atoms with Gasteiger partial charge >= 0.3 is 5.97 Å². The molecule has 0 unspecified atom stereocenters. The van der Waals surface area contributed by atoms with Crippen molar-refractivity contribution >= 4 is 33.1 Å². The Balaban J connectivity index is 2.48. The molecule has 0 aliphatic rings. The molecule has 0 spiro atoms. The molecule has 0 heterocycles. The van der Waals surface area contributed by atoms with Crippen LogP contribution in [0, 0.1) is 0 Å². The lowest BCUT2D eigenvalue weighted by Crippen LogP contribution is -2.13. The molecular formula is C12H16ClNO4S. The fourth-order valence-corrected chi connectivity index (χ4v) is 2.49. The first-order chi connectivity index (χ1) is 8.84. The van der Waals surface area contributed by atoms with Crippen LogP contribution in [0.5, 0.6) is 0 Å². The zero-order chi connectivity index (χ0) is 14.5. The van der Waals surface area contributed by atoms with E-state index in [1.54, 1.807) is 6.92 Å². The van der Waals surface area contributed by atoms with Crippen LogP contribution in [0.25, 0.3) is 0 Å². The van der Waals surface area contributed by atoms with Crippen LogP contribution in [0.15, 0.2) is 18.2 Å². The molecule has 1 rings (SSSR count). The minimum Gasteiger partial charge on any atom is -0.462 e. The van der Waals surface area contributed by atoms with E-state index in [0.717, 1.165) is 0 Å². The normalized spacial score (nSPS) is 11.3. The van der Waals surface area contributed by atoms with Crippen LogP contribution in [-0.2, 0) is 14.6 Å². The van der Waals surface area contributed by atoms with Crippen LogP contribution in [0.2, 0.25) is 5.02 Å². The van der Waals surface area contributed by atoms with E-state index in [-0.39, 0.29) is 30.1 Å². The highest BCUT2D eigenvalue weighted by molar-refractivity contribution is 7.91. The molecule has 1 aromatic carbocycles. The Morgan fingerprint density at radius 1 is 1.37 bits per heavy atom. The number of esters is 1. The standard InChI is InChI=1S/C12H16ClNO4S/c1-2-19(16,17)5-3-4-18-12(15)9-6-10(13)8-11(14)7-9/h6-8H,2-5,14H2,1H3. The number of ether oxygens (including phenoxy) is 1. The Labute approximate surface area is 117 Å². The van der Waals surface area contributed by atoms with E-state index in [4.69, 9.17) is 22.1 Å². The molecule has 0 saturated carbocycles. The van der Waals surface area contributed by atoms with Gasteiger partial charge in [0.25, 0.3) is 0 Å². The first-order valence-corrected chi connectivity index (χ1v) is 7.97. The number of anilines is 1. The summed E-state index contributed by atoms with van der Waals surface area (Å²) in [7, 11) is -3.03. The minimum atomic E-state index is -3.03. The van der Waals surface area contributed by atoms with Gasteiger partial charge < -0.3 is 10.5 Å². The van der Waals surface area contributed by atoms with Crippen molar-refractivity contribution in [1.82, 2.24) is 0 Å². The summed E-state index contributed by atoms with van der Waals surface area (Å²) in [5, 5.41) is 0.348. The first-order valence-electron chi connectivity index (χ1n) is 5.77. The van der Waals surface area contributed by atoms with Gasteiger partial charge in [-0.25, -0.2) is 13.2 Å². The van der Waals surface area contributed by atoms with Crippen molar-refractivity contribution in [1.29, 1.82) is 0 Å². The lowest BCUT2D eigenvalue weighted by atomic mass is 10.2. The number of carbonyl (C=O) groups is 1. The summed E-state index contributed by atoms with van der Waals surface area (Å²) in [4.78, 5) is 11.7. The van der Waals surface area contributed by atoms with Crippen molar-refractivity contribution < 1.29 is 17.9 Å². The van der Waals surface area contributed by atoms with Gasteiger partial charge in [0.15, 0.2) is 0 Å². The summed E-state index contributed by atoms with van der Waals surface area (Å²) in [6, 6.07) is 4.42. The fraction of sp³-hybridized carbons (Fsp3) is 0.417. The minimum absolute atomic E-state index is 0.00840. The summed E-state index contributed by atoms with van der Waals surface area (Å²) in [6.07, 6.45) is 0.276. The SMILES string of the molecule is CCS(=O)(=O)CCCOC(=O)c1cc(N)cc(Cl)c1. The molecule has 0 aliphatic carbocycles. The Kier molecular flexibility index (Phi) is 5.62. The highest BCUT2D eigenvalue weighted by atomic mass is 35.5. The molecule has 106 valence electrons. The van der Waals surface area contributed by atoms with Crippen LogP contribution in [0.4, 0.5) is 5.69 Å². The van der Waals surface area contributed by atoms with Crippen molar-refractivity contribution in [3.05, 3.63) is 28.8 Å². The quantitative estimate of drug-likeness (QED) is 0.493. The molecule has 0 fully saturated rings. The first kappa shape index (κ1) is 15.8. The maximum Gasteiger partial charge on any atom is 0.338 e. The summed E-state index contributed by atoms with van der Waals surface area (Å²) in [5.74, 6) is -0.469. The molecule has 0 aromatic heterocycles. The number of carbonyl (C=O) groups excluding carboxylic acids is 1. The lowest BCUT2D eigenvalue weighted by molar-refractivity contribution is 0.0505. The Hall–Kier alpha value is -1.27. The zero-order valence-corrected chi connectivity index (χ0v) is 12.1. The molecule has 0 saturated heterocycles. The Morgan fingerprint density at radius 3 is 2.63 bits per heavy atom. The van der Waals surface area contributed by atoms with Gasteiger partial charge in [0.05, 0.1) is 17.9 Å². The predicted octanol–water partition coefficient (Wildman–Crippen LogP) is 1.90. The van der Waals surface area contributed by atoms with Crippen molar-refractivity contribution in [2.45, 2.75) is 13.3 Å². The van der Waals surface area contributed by atoms with E-state index in [2.05, 4.69) is 0 Å². The van der Waals surface area contributed by atoms with Gasteiger partial charge in [-0.2, -0.15) is 0 Å². The number of rotatable bonds is 6. The predicted molar refractivity (Wildman–Crippen MR) is 75.1 cm³/mol. The topological polar surface area (TPSA) is 86.5 Å². The molecule has 0 aliphatic heterocycles. The number of benzene rings is 1. The summed E-state index contributed by atoms with van der Waals surface area (Å²) >= 11 is 5.77. The summed E-state index contributed by atoms with van der Waals surface area (Å²) in [5.41, 5.74) is 6.18. The lowest BCUT2D eigenvalue weighted by Gasteiger charge is -2.06. The maximum absolute atomic E-state index is 11.7. The van der Waals surface area contributed by atoms with Gasteiger partial charge in [0.2, 0.25) is 0 Å². The number of hydrogen-bond acceptors (Lipinski definition) is 5. The van der Waals surface area contributed by atoms with Gasteiger partial charge in [0, 0.05) is 16.5 Å². The second-order valence-corrected chi connectivity index (χ2v) is 6.91. The molecular weight excluding hydrogens is 290 g/mol. The molecule has 0 radical (unpaired) electrons. The van der Waals surface area contributed by atoms with E-state index in [0.29, 0.717) is 10.7 Å². The second kappa shape index (κ2) is 6.77. The average Bonchev–Trinajstić information content (AvgIpc) is 2.33. The van der Waals surface area contributed by atoms with Gasteiger partial charge in [-0.15, -0.1) is 0 Å². The Bertz CT molecular complexity index is 537. The van der Waals surface area contributed by atoms with Crippen molar-refractivity contribution in [2.24, 2.45) is 0 Å². The molecule has 7 heteroatoms. The van der Waals surface area contributed by atoms with Crippen LogP contribution in [0.3, 0.4) is 0 Å². The third-order valence-corrected chi connectivity index (χ3v) is 4.44. The molecule has 5 nitrogen and oxygen atoms in total. The largest absolute Gasteiger partial charge is 0.462 e. The van der Waals surface area contributed by atoms with Crippen LogP contribution in [0.1, 0.15) is 23.7 Å². The average molecular weight is 306 g/mol. The smallest absolute Gasteiger partial charge is 0.338 e. The van der Waals surface area contributed by atoms with Crippen LogP contribution >= 0.6 is 11.6 Å². The number of nitrogen functional groups attached to an aromatic ring is 1. The fourth-order valence-electron chi connectivity index (χ4n) is 1.40. The molecule has 0 atom stereocenters. The van der Waals surface area contributed by atoms with E-state index in [1.165, 1.54) is 18.2 Å². The third-order valence-electron chi connectivity index (χ3n) is 2.43. The molecule has 0 amide bonds. The van der Waals surface area contributed by atoms with E-state index >= 15 is 0 Å². The highest BCUT2D eigenvalue weighted by Crippen LogP contribution is 2.17. The number of hydrogen-bond donors (Lipinski definition) is 1. The molecule has 0 bridgehead atoms. The maximum atomic E-state index is 11.7. The number of sulfone groups is 1. The monoisotopic (exact) mass is 305 g/mol. The van der Waals surface area contributed by atoms with Gasteiger partial charge in [-0.05, 0) is 24.6 Å². The van der Waals surface area contributed by atoms with Gasteiger partial charge in [-0.3, -0.25) is 0 Å². The van der Waals surface area contributed by atoms with Gasteiger partial charge in [-0.1, -0.05) is 18.5 Å². The summed E-state index contributed by atoms with van der Waals surface area (Å²) < 4.78 is 27.4. The van der Waals surface area contributed by atoms with Crippen LogP contribution < -0.4 is 5.73 Å². The van der Waals surface area contributed by atoms with E-state index in [9.17, 15) is 13.2 Å². The number of halogens is 1. The number of nitrogens with two attached hydrogens (primary N) is 1. The zero-order valence-electron chi connectivity index (χ0n) is 10.6. The molecule has 1 aromatic rings. The third kappa shape index (κ3) is 5.48. The highest BCUT2D eigenvalue weighted by Gasteiger charge is 2.11. The van der Waals surface area contributed by atoms with E-state index in [1.807, 2.05) is 0 Å². The van der Waals surface area contributed by atoms with Crippen molar-refractivity contribution in [2.75, 3.05) is 23.8 Å². The van der Waals surface area contributed by atoms with Gasteiger partial charge in [0.1, 0.15) is 9.84 Å². The van der Waals surface area contributed by atoms with Crippen molar-refractivity contribution in [3.8, 4) is 0 Å². The molecule has 19 heavy (non-hydrogen) atoms. The Morgan fingerprint density at radius 2 is 2.05 bits per heavy atom. The van der Waals surface area contributed by atoms with E-state index < -0.39 is 15.8 Å². The van der Waals surface area contributed by atoms with Crippen LogP contribution in [-0.4, -0.2) is 32.5 Å².